The second-order valence-electron chi connectivity index (χ2n) is 6.55. The van der Waals surface area contributed by atoms with Gasteiger partial charge in [0.05, 0.1) is 17.8 Å². The average Bonchev–Trinajstić information content (AvgIpc) is 2.69. The highest BCUT2D eigenvalue weighted by atomic mass is 16.3. The van der Waals surface area contributed by atoms with E-state index in [0.29, 0.717) is 30.6 Å². The van der Waals surface area contributed by atoms with Crippen LogP contribution >= 0.6 is 0 Å². The van der Waals surface area contributed by atoms with E-state index in [-0.39, 0.29) is 36.4 Å². The van der Waals surface area contributed by atoms with E-state index < -0.39 is 6.10 Å². The predicted octanol–water partition coefficient (Wildman–Crippen LogP) is 0.0943. The number of aliphatic hydroxyl groups is 1. The molecule has 1 aromatic carbocycles. The molecule has 1 saturated heterocycles. The maximum Gasteiger partial charge on any atom is 0.264 e. The standard InChI is InChI=1S/C19H22N4O4/c24-16-12-23(18(26)9-7-14-6-8-17(25)22-21-14)11-10-15(16)20-19(27)13-4-2-1-3-5-13/h1-6,8,15-16,24H,7,9-12H2,(H,20,27)(H,22,25). The van der Waals surface area contributed by atoms with Gasteiger partial charge in [-0.1, -0.05) is 18.2 Å². The van der Waals surface area contributed by atoms with Crippen LogP contribution in [-0.4, -0.2) is 57.3 Å². The Balaban J connectivity index is 1.48. The first kappa shape index (κ1) is 18.8. The lowest BCUT2D eigenvalue weighted by Crippen LogP contribution is -2.55. The molecule has 0 radical (unpaired) electrons. The van der Waals surface area contributed by atoms with Crippen molar-refractivity contribution in [3.05, 3.63) is 64.1 Å². The van der Waals surface area contributed by atoms with Crippen LogP contribution in [0.4, 0.5) is 0 Å². The molecule has 0 bridgehead atoms. The van der Waals surface area contributed by atoms with Crippen molar-refractivity contribution in [2.75, 3.05) is 13.1 Å². The van der Waals surface area contributed by atoms with Crippen molar-refractivity contribution in [1.29, 1.82) is 0 Å². The Morgan fingerprint density at radius 2 is 2.00 bits per heavy atom. The highest BCUT2D eigenvalue weighted by molar-refractivity contribution is 5.94. The molecule has 0 aliphatic carbocycles. The number of aromatic amines is 1. The van der Waals surface area contributed by atoms with Gasteiger partial charge in [-0.25, -0.2) is 5.10 Å². The van der Waals surface area contributed by atoms with Gasteiger partial charge < -0.3 is 15.3 Å². The van der Waals surface area contributed by atoms with Gasteiger partial charge in [-0.05, 0) is 24.6 Å². The number of β-amino-alcohol motifs (C(OH)–C–C–N with tert-alkyl or cyclic N) is 1. The lowest BCUT2D eigenvalue weighted by atomic mass is 10.0. The van der Waals surface area contributed by atoms with E-state index in [2.05, 4.69) is 15.5 Å². The van der Waals surface area contributed by atoms with E-state index in [4.69, 9.17) is 0 Å². The number of hydrogen-bond acceptors (Lipinski definition) is 5. The van der Waals surface area contributed by atoms with Crippen molar-refractivity contribution in [3.63, 3.8) is 0 Å². The molecule has 2 atom stereocenters. The van der Waals surface area contributed by atoms with Gasteiger partial charge in [-0.2, -0.15) is 5.10 Å². The number of aromatic nitrogens is 2. The topological polar surface area (TPSA) is 115 Å². The summed E-state index contributed by atoms with van der Waals surface area (Å²) in [6.45, 7) is 0.645. The number of piperidine rings is 1. The van der Waals surface area contributed by atoms with Gasteiger partial charge in [0.1, 0.15) is 0 Å². The molecule has 0 saturated carbocycles. The van der Waals surface area contributed by atoms with Crippen LogP contribution in [0.15, 0.2) is 47.3 Å². The van der Waals surface area contributed by atoms with Crippen LogP contribution < -0.4 is 10.9 Å². The van der Waals surface area contributed by atoms with Crippen LogP contribution in [0, 0.1) is 0 Å². The Morgan fingerprint density at radius 3 is 2.67 bits per heavy atom. The summed E-state index contributed by atoms with van der Waals surface area (Å²) in [5.74, 6) is -0.321. The van der Waals surface area contributed by atoms with E-state index in [1.165, 1.54) is 6.07 Å². The van der Waals surface area contributed by atoms with E-state index in [0.717, 1.165) is 0 Å². The fraction of sp³-hybridized carbons (Fsp3) is 0.368. The van der Waals surface area contributed by atoms with Crippen molar-refractivity contribution < 1.29 is 14.7 Å². The highest BCUT2D eigenvalue weighted by Crippen LogP contribution is 2.14. The minimum Gasteiger partial charge on any atom is -0.389 e. The number of rotatable bonds is 5. The van der Waals surface area contributed by atoms with E-state index in [9.17, 15) is 19.5 Å². The Morgan fingerprint density at radius 1 is 1.22 bits per heavy atom. The summed E-state index contributed by atoms with van der Waals surface area (Å²) < 4.78 is 0. The molecule has 3 rings (SSSR count). The maximum atomic E-state index is 12.4. The fourth-order valence-corrected chi connectivity index (χ4v) is 3.07. The zero-order valence-electron chi connectivity index (χ0n) is 14.8. The third kappa shape index (κ3) is 5.01. The largest absolute Gasteiger partial charge is 0.389 e. The summed E-state index contributed by atoms with van der Waals surface area (Å²) >= 11 is 0. The predicted molar refractivity (Wildman–Crippen MR) is 98.1 cm³/mol. The number of nitrogens with one attached hydrogen (secondary N) is 2. The molecule has 0 spiro atoms. The molecule has 1 aromatic heterocycles. The Labute approximate surface area is 156 Å². The highest BCUT2D eigenvalue weighted by Gasteiger charge is 2.31. The van der Waals surface area contributed by atoms with Gasteiger partial charge in [0.15, 0.2) is 0 Å². The minimum absolute atomic E-state index is 0.0881. The van der Waals surface area contributed by atoms with Gasteiger partial charge in [0, 0.05) is 37.6 Å². The summed E-state index contributed by atoms with van der Waals surface area (Å²) in [5.41, 5.74) is 0.887. The molecular weight excluding hydrogens is 348 g/mol. The molecule has 2 unspecified atom stereocenters. The number of carbonyl (C=O) groups excluding carboxylic acids is 2. The number of H-pyrrole nitrogens is 1. The third-order valence-corrected chi connectivity index (χ3v) is 4.62. The van der Waals surface area contributed by atoms with Crippen LogP contribution in [0.25, 0.3) is 0 Å². The summed E-state index contributed by atoms with van der Waals surface area (Å²) in [6.07, 6.45) is 0.326. The molecule has 2 heterocycles. The van der Waals surface area contributed by atoms with E-state index in [1.54, 1.807) is 35.2 Å². The fourth-order valence-electron chi connectivity index (χ4n) is 3.07. The molecule has 142 valence electrons. The molecule has 27 heavy (non-hydrogen) atoms. The number of likely N-dealkylation sites (tertiary alicyclic amines) is 1. The lowest BCUT2D eigenvalue weighted by molar-refractivity contribution is -0.134. The van der Waals surface area contributed by atoms with Gasteiger partial charge in [0.25, 0.3) is 11.5 Å². The van der Waals surface area contributed by atoms with Gasteiger partial charge in [-0.3, -0.25) is 14.4 Å². The molecule has 1 aliphatic rings. The summed E-state index contributed by atoms with van der Waals surface area (Å²) in [5, 5.41) is 19.4. The smallest absolute Gasteiger partial charge is 0.264 e. The quantitative estimate of drug-likeness (QED) is 0.690. The molecule has 8 nitrogen and oxygen atoms in total. The maximum absolute atomic E-state index is 12.4. The Bertz CT molecular complexity index is 832. The number of nitrogens with zero attached hydrogens (tertiary/aromatic N) is 2. The van der Waals surface area contributed by atoms with Crippen LogP contribution in [0.2, 0.25) is 0 Å². The van der Waals surface area contributed by atoms with Crippen LogP contribution in [-0.2, 0) is 11.2 Å². The van der Waals surface area contributed by atoms with Crippen LogP contribution in [0.5, 0.6) is 0 Å². The second-order valence-corrected chi connectivity index (χ2v) is 6.55. The summed E-state index contributed by atoms with van der Waals surface area (Å²) in [6, 6.07) is 11.4. The number of hydrogen-bond donors (Lipinski definition) is 3. The number of amides is 2. The SMILES string of the molecule is O=C(NC1CCN(C(=O)CCc2ccc(=O)[nH]n2)CC1O)c1ccccc1. The monoisotopic (exact) mass is 370 g/mol. The number of aryl methyl sites for hydroxylation is 1. The average molecular weight is 370 g/mol. The molecular formula is C19H22N4O4. The third-order valence-electron chi connectivity index (χ3n) is 4.62. The van der Waals surface area contributed by atoms with E-state index in [1.807, 2.05) is 6.07 Å². The van der Waals surface area contributed by atoms with Crippen molar-refractivity contribution in [3.8, 4) is 0 Å². The van der Waals surface area contributed by atoms with Crippen LogP contribution in [0.1, 0.15) is 28.9 Å². The zero-order valence-corrected chi connectivity index (χ0v) is 14.8. The van der Waals surface area contributed by atoms with Crippen LogP contribution in [0.3, 0.4) is 0 Å². The molecule has 2 aromatic rings. The zero-order chi connectivity index (χ0) is 19.2. The first-order valence-electron chi connectivity index (χ1n) is 8.89. The van der Waals surface area contributed by atoms with Crippen molar-refractivity contribution in [2.24, 2.45) is 0 Å². The normalized spacial score (nSPS) is 19.5. The van der Waals surface area contributed by atoms with Crippen molar-refractivity contribution in [2.45, 2.75) is 31.4 Å². The first-order chi connectivity index (χ1) is 13.0. The van der Waals surface area contributed by atoms with Gasteiger partial charge in [0.2, 0.25) is 5.91 Å². The Hall–Kier alpha value is -3.00. The number of benzene rings is 1. The molecule has 1 fully saturated rings. The summed E-state index contributed by atoms with van der Waals surface area (Å²) in [4.78, 5) is 37.2. The number of carbonyl (C=O) groups is 2. The lowest BCUT2D eigenvalue weighted by Gasteiger charge is -2.36. The molecule has 2 amide bonds. The second kappa shape index (κ2) is 8.59. The number of aliphatic hydroxyl groups excluding tert-OH is 1. The summed E-state index contributed by atoms with van der Waals surface area (Å²) in [7, 11) is 0. The van der Waals surface area contributed by atoms with Gasteiger partial charge >= 0.3 is 0 Å². The van der Waals surface area contributed by atoms with Crippen molar-refractivity contribution >= 4 is 11.8 Å². The van der Waals surface area contributed by atoms with Gasteiger partial charge in [-0.15, -0.1) is 0 Å². The van der Waals surface area contributed by atoms with E-state index >= 15 is 0 Å². The Kier molecular flexibility index (Phi) is 5.97. The molecule has 1 aliphatic heterocycles. The molecule has 3 N–H and O–H groups in total. The minimum atomic E-state index is -0.818. The first-order valence-corrected chi connectivity index (χ1v) is 8.89. The molecule has 8 heteroatoms. The van der Waals surface area contributed by atoms with Crippen molar-refractivity contribution in [1.82, 2.24) is 20.4 Å².